The van der Waals surface area contributed by atoms with Crippen molar-refractivity contribution in [3.8, 4) is 5.75 Å². The third-order valence-corrected chi connectivity index (χ3v) is 4.58. The molecule has 5 nitrogen and oxygen atoms in total. The fraction of sp³-hybridized carbons (Fsp3) is 0.200. The Bertz CT molecular complexity index is 958. The van der Waals surface area contributed by atoms with E-state index in [2.05, 4.69) is 10.6 Å². The molecule has 2 N–H and O–H groups in total. The highest BCUT2D eigenvalue weighted by molar-refractivity contribution is 5.96. The van der Waals surface area contributed by atoms with Gasteiger partial charge in [0.25, 0.3) is 5.91 Å². The highest BCUT2D eigenvalue weighted by Crippen LogP contribution is 2.18. The van der Waals surface area contributed by atoms with Gasteiger partial charge in [0.15, 0.2) is 6.10 Å². The van der Waals surface area contributed by atoms with E-state index >= 15 is 0 Å². The number of aryl methyl sites for hydroxylation is 1. The summed E-state index contributed by atoms with van der Waals surface area (Å²) in [5.74, 6) is 0.356. The highest BCUT2D eigenvalue weighted by Gasteiger charge is 2.18. The normalized spacial score (nSPS) is 11.4. The van der Waals surface area contributed by atoms with E-state index in [1.165, 1.54) is 0 Å². The van der Waals surface area contributed by atoms with Crippen LogP contribution in [0.4, 0.5) is 11.4 Å². The Morgan fingerprint density at radius 2 is 1.47 bits per heavy atom. The van der Waals surface area contributed by atoms with Gasteiger partial charge in [-0.2, -0.15) is 0 Å². The molecule has 2 amide bonds. The van der Waals surface area contributed by atoms with Gasteiger partial charge in [0, 0.05) is 17.8 Å². The number of hydrogen-bond acceptors (Lipinski definition) is 3. The van der Waals surface area contributed by atoms with Gasteiger partial charge in [-0.05, 0) is 48.7 Å². The molecule has 5 heteroatoms. The molecule has 1 atom stereocenters. The third kappa shape index (κ3) is 6.48. The first-order valence-electron chi connectivity index (χ1n) is 10.1. The molecule has 0 spiro atoms. The molecule has 0 saturated carbocycles. The quantitative estimate of drug-likeness (QED) is 0.526. The third-order valence-electron chi connectivity index (χ3n) is 4.58. The van der Waals surface area contributed by atoms with Crippen LogP contribution < -0.4 is 15.4 Å². The zero-order valence-electron chi connectivity index (χ0n) is 17.0. The molecule has 154 valence electrons. The Morgan fingerprint density at radius 3 is 2.13 bits per heavy atom. The summed E-state index contributed by atoms with van der Waals surface area (Å²) in [6.45, 7) is 1.90. The number of amides is 2. The predicted molar refractivity (Wildman–Crippen MR) is 120 cm³/mol. The minimum Gasteiger partial charge on any atom is -0.481 e. The van der Waals surface area contributed by atoms with E-state index in [0.717, 1.165) is 5.56 Å². The van der Waals surface area contributed by atoms with Crippen molar-refractivity contribution in [2.45, 2.75) is 32.3 Å². The number of anilines is 2. The van der Waals surface area contributed by atoms with Crippen LogP contribution in [-0.4, -0.2) is 17.9 Å². The topological polar surface area (TPSA) is 67.4 Å². The largest absolute Gasteiger partial charge is 0.481 e. The lowest BCUT2D eigenvalue weighted by Crippen LogP contribution is -2.32. The molecule has 0 aromatic heterocycles. The van der Waals surface area contributed by atoms with E-state index < -0.39 is 6.10 Å². The van der Waals surface area contributed by atoms with Gasteiger partial charge in [0.05, 0.1) is 0 Å². The van der Waals surface area contributed by atoms with Crippen molar-refractivity contribution in [3.05, 3.63) is 90.5 Å². The van der Waals surface area contributed by atoms with Crippen molar-refractivity contribution < 1.29 is 14.3 Å². The minimum atomic E-state index is -0.600. The number of carbonyl (C=O) groups excluding carboxylic acids is 2. The summed E-state index contributed by atoms with van der Waals surface area (Å²) in [6.07, 6.45) is 1.01. The van der Waals surface area contributed by atoms with E-state index in [1.54, 1.807) is 24.3 Å². The molecule has 3 rings (SSSR count). The number of carbonyl (C=O) groups is 2. The van der Waals surface area contributed by atoms with E-state index in [1.807, 2.05) is 67.6 Å². The summed E-state index contributed by atoms with van der Waals surface area (Å²) in [5.41, 5.74) is 2.37. The molecule has 0 fully saturated rings. The van der Waals surface area contributed by atoms with Crippen LogP contribution in [0.3, 0.4) is 0 Å². The molecule has 1 unspecified atom stereocenters. The Morgan fingerprint density at radius 1 is 0.833 bits per heavy atom. The average Bonchev–Trinajstić information content (AvgIpc) is 2.77. The number of ether oxygens (including phenoxy) is 1. The summed E-state index contributed by atoms with van der Waals surface area (Å²) in [7, 11) is 0. The smallest absolute Gasteiger partial charge is 0.265 e. The maximum absolute atomic E-state index is 12.6. The average molecular weight is 402 g/mol. The van der Waals surface area contributed by atoms with Crippen LogP contribution in [0.1, 0.15) is 25.3 Å². The molecule has 0 aliphatic carbocycles. The molecule has 0 heterocycles. The van der Waals surface area contributed by atoms with E-state index in [4.69, 9.17) is 4.74 Å². The number of nitrogens with one attached hydrogen (secondary N) is 2. The van der Waals surface area contributed by atoms with Crippen molar-refractivity contribution in [3.63, 3.8) is 0 Å². The number of benzene rings is 3. The van der Waals surface area contributed by atoms with Crippen LogP contribution in [0.5, 0.6) is 5.75 Å². The Labute approximate surface area is 177 Å². The maximum atomic E-state index is 12.6. The molecular weight excluding hydrogens is 376 g/mol. The lowest BCUT2D eigenvalue weighted by atomic mass is 10.1. The summed E-state index contributed by atoms with van der Waals surface area (Å²) in [4.78, 5) is 24.9. The number of para-hydroxylation sites is 1. The second kappa shape index (κ2) is 10.8. The molecule has 3 aromatic carbocycles. The number of hydrogen-bond donors (Lipinski definition) is 2. The Balaban J connectivity index is 1.55. The van der Waals surface area contributed by atoms with Crippen LogP contribution in [0.15, 0.2) is 84.9 Å². The molecule has 0 saturated heterocycles. The van der Waals surface area contributed by atoms with Crippen molar-refractivity contribution in [1.82, 2.24) is 0 Å². The van der Waals surface area contributed by atoms with Gasteiger partial charge in [-0.25, -0.2) is 0 Å². The molecule has 0 bridgehead atoms. The summed E-state index contributed by atoms with van der Waals surface area (Å²) >= 11 is 0. The van der Waals surface area contributed by atoms with Crippen molar-refractivity contribution in [1.29, 1.82) is 0 Å². The predicted octanol–water partition coefficient (Wildman–Crippen LogP) is 5.05. The second-order valence-corrected chi connectivity index (χ2v) is 6.93. The SMILES string of the molecule is CCC(Oc1ccccc1)C(=O)Nc1cccc(NC(=O)CCc2ccccc2)c1. The Kier molecular flexibility index (Phi) is 7.61. The van der Waals surface area contributed by atoms with Gasteiger partial charge in [0.2, 0.25) is 5.91 Å². The lowest BCUT2D eigenvalue weighted by Gasteiger charge is -2.17. The van der Waals surface area contributed by atoms with Crippen LogP contribution >= 0.6 is 0 Å². The molecule has 0 aliphatic heterocycles. The van der Waals surface area contributed by atoms with Gasteiger partial charge in [0.1, 0.15) is 5.75 Å². The monoisotopic (exact) mass is 402 g/mol. The Hall–Kier alpha value is -3.60. The standard InChI is InChI=1S/C25H26N2O3/c1-2-23(30-22-14-7-4-8-15-22)25(29)27-21-13-9-12-20(18-21)26-24(28)17-16-19-10-5-3-6-11-19/h3-15,18,23H,2,16-17H2,1H3,(H,26,28)(H,27,29). The first-order chi connectivity index (χ1) is 14.6. The van der Waals surface area contributed by atoms with E-state index in [0.29, 0.717) is 36.4 Å². The second-order valence-electron chi connectivity index (χ2n) is 6.93. The van der Waals surface area contributed by atoms with Crippen LogP contribution in [-0.2, 0) is 16.0 Å². The van der Waals surface area contributed by atoms with E-state index in [-0.39, 0.29) is 11.8 Å². The molecule has 0 radical (unpaired) electrons. The zero-order chi connectivity index (χ0) is 21.2. The van der Waals surface area contributed by atoms with Crippen molar-refractivity contribution in [2.24, 2.45) is 0 Å². The molecule has 30 heavy (non-hydrogen) atoms. The van der Waals surface area contributed by atoms with Gasteiger partial charge in [-0.1, -0.05) is 61.5 Å². The van der Waals surface area contributed by atoms with E-state index in [9.17, 15) is 9.59 Å². The first kappa shape index (κ1) is 21.1. The molecule has 0 aliphatic rings. The highest BCUT2D eigenvalue weighted by atomic mass is 16.5. The molecule has 3 aromatic rings. The maximum Gasteiger partial charge on any atom is 0.265 e. The fourth-order valence-corrected chi connectivity index (χ4v) is 3.01. The number of rotatable bonds is 9. The van der Waals surface area contributed by atoms with Crippen LogP contribution in [0, 0.1) is 0 Å². The zero-order valence-corrected chi connectivity index (χ0v) is 17.0. The van der Waals surface area contributed by atoms with Gasteiger partial charge < -0.3 is 15.4 Å². The minimum absolute atomic E-state index is 0.0684. The summed E-state index contributed by atoms with van der Waals surface area (Å²) < 4.78 is 5.78. The van der Waals surface area contributed by atoms with Gasteiger partial charge >= 0.3 is 0 Å². The van der Waals surface area contributed by atoms with Gasteiger partial charge in [-0.3, -0.25) is 9.59 Å². The van der Waals surface area contributed by atoms with Crippen LogP contribution in [0.25, 0.3) is 0 Å². The molecular formula is C25H26N2O3. The fourth-order valence-electron chi connectivity index (χ4n) is 3.01. The lowest BCUT2D eigenvalue weighted by molar-refractivity contribution is -0.122. The van der Waals surface area contributed by atoms with Crippen LogP contribution in [0.2, 0.25) is 0 Å². The van der Waals surface area contributed by atoms with Crippen molar-refractivity contribution >= 4 is 23.2 Å². The summed E-state index contributed by atoms with van der Waals surface area (Å²) in [5, 5.41) is 5.76. The first-order valence-corrected chi connectivity index (χ1v) is 10.1. The van der Waals surface area contributed by atoms with Gasteiger partial charge in [-0.15, -0.1) is 0 Å². The van der Waals surface area contributed by atoms with Crippen molar-refractivity contribution in [2.75, 3.05) is 10.6 Å². The summed E-state index contributed by atoms with van der Waals surface area (Å²) in [6, 6.07) is 26.3.